The van der Waals surface area contributed by atoms with Crippen LogP contribution in [-0.2, 0) is 4.79 Å². The summed E-state index contributed by atoms with van der Waals surface area (Å²) in [6.07, 6.45) is 1.50. The number of hydrogen-bond acceptors (Lipinski definition) is 6. The largest absolute Gasteiger partial charge is 0.497 e. The lowest BCUT2D eigenvalue weighted by Gasteiger charge is -2.15. The highest BCUT2D eigenvalue weighted by molar-refractivity contribution is 9.10. The Morgan fingerprint density at radius 2 is 1.74 bits per heavy atom. The van der Waals surface area contributed by atoms with Gasteiger partial charge in [-0.05, 0) is 70.9 Å². The van der Waals surface area contributed by atoms with Crippen molar-refractivity contribution >= 4 is 33.6 Å². The summed E-state index contributed by atoms with van der Waals surface area (Å²) in [6, 6.07) is 21.7. The van der Waals surface area contributed by atoms with Gasteiger partial charge in [0.1, 0.15) is 36.4 Å². The number of nitriles is 1. The molecule has 0 fully saturated rings. The van der Waals surface area contributed by atoms with Crippen LogP contribution in [-0.4, -0.2) is 32.8 Å². The van der Waals surface area contributed by atoms with Gasteiger partial charge in [-0.1, -0.05) is 24.3 Å². The van der Waals surface area contributed by atoms with Gasteiger partial charge < -0.3 is 24.3 Å². The van der Waals surface area contributed by atoms with Gasteiger partial charge in [0.25, 0.3) is 5.91 Å². The Balaban J connectivity index is 1.71. The normalized spacial score (nSPS) is 10.7. The molecule has 3 aromatic rings. The Labute approximate surface area is 213 Å². The Morgan fingerprint density at radius 1 is 1.00 bits per heavy atom. The molecule has 0 aliphatic carbocycles. The summed E-state index contributed by atoms with van der Waals surface area (Å²) in [5.41, 5.74) is 1.18. The number of nitrogens with zero attached hydrogens (tertiary/aromatic N) is 1. The van der Waals surface area contributed by atoms with E-state index in [-0.39, 0.29) is 12.2 Å². The summed E-state index contributed by atoms with van der Waals surface area (Å²) in [7, 11) is 1.60. The van der Waals surface area contributed by atoms with Crippen LogP contribution >= 0.6 is 15.9 Å². The zero-order valence-corrected chi connectivity index (χ0v) is 21.0. The van der Waals surface area contributed by atoms with E-state index in [0.717, 1.165) is 0 Å². The predicted molar refractivity (Wildman–Crippen MR) is 138 cm³/mol. The molecule has 0 aliphatic rings. The molecule has 0 radical (unpaired) electrons. The number of benzene rings is 3. The molecular formula is C27H25BrN2O5. The maximum atomic E-state index is 12.6. The van der Waals surface area contributed by atoms with Crippen LogP contribution in [0.3, 0.4) is 0 Å². The molecule has 0 heterocycles. The maximum absolute atomic E-state index is 12.6. The molecule has 1 amide bonds. The minimum atomic E-state index is -0.497. The van der Waals surface area contributed by atoms with Crippen LogP contribution in [0.25, 0.3) is 6.08 Å². The molecule has 0 aliphatic heterocycles. The third kappa shape index (κ3) is 7.52. The van der Waals surface area contributed by atoms with E-state index in [4.69, 9.17) is 18.9 Å². The number of methoxy groups -OCH3 is 1. The topological polar surface area (TPSA) is 89.8 Å². The second-order valence-corrected chi connectivity index (χ2v) is 7.98. The molecule has 3 rings (SSSR count). The van der Waals surface area contributed by atoms with E-state index in [1.165, 1.54) is 6.08 Å². The number of halogens is 1. The number of rotatable bonds is 11. The fourth-order valence-corrected chi connectivity index (χ4v) is 3.68. The Morgan fingerprint density at radius 3 is 2.46 bits per heavy atom. The lowest BCUT2D eigenvalue weighted by Crippen LogP contribution is -2.13. The number of para-hydroxylation sites is 1. The van der Waals surface area contributed by atoms with Crippen LogP contribution in [0.5, 0.6) is 23.0 Å². The standard InChI is InChI=1S/C27H25BrN2O5/c1-3-33-25-16-19(14-20(18-29)27(31)30-21-8-5-4-6-9-21)15-24(28)26(25)35-13-12-34-23-11-7-10-22(17-23)32-2/h4-11,14-17H,3,12-13H2,1-2H3,(H,30,31)/b20-14+. The quantitative estimate of drug-likeness (QED) is 0.187. The summed E-state index contributed by atoms with van der Waals surface area (Å²) in [5.74, 6) is 1.88. The molecule has 180 valence electrons. The molecule has 0 unspecified atom stereocenters. The average Bonchev–Trinajstić information content (AvgIpc) is 2.87. The average molecular weight is 537 g/mol. The van der Waals surface area contributed by atoms with Crippen LogP contribution in [0.4, 0.5) is 5.69 Å². The van der Waals surface area contributed by atoms with E-state index in [1.54, 1.807) is 49.6 Å². The summed E-state index contributed by atoms with van der Waals surface area (Å²) in [6.45, 7) is 2.86. The number of carbonyl (C=O) groups is 1. The number of amides is 1. The second-order valence-electron chi connectivity index (χ2n) is 7.13. The lowest BCUT2D eigenvalue weighted by molar-refractivity contribution is -0.112. The fraction of sp³-hybridized carbons (Fsp3) is 0.185. The number of nitrogens with one attached hydrogen (secondary N) is 1. The van der Waals surface area contributed by atoms with Crippen molar-refractivity contribution < 1.29 is 23.7 Å². The molecule has 0 bridgehead atoms. The van der Waals surface area contributed by atoms with E-state index in [0.29, 0.717) is 51.9 Å². The molecule has 8 heteroatoms. The zero-order chi connectivity index (χ0) is 25.0. The summed E-state index contributed by atoms with van der Waals surface area (Å²) < 4.78 is 23.2. The van der Waals surface area contributed by atoms with Gasteiger partial charge in [0, 0.05) is 11.8 Å². The molecule has 0 atom stereocenters. The molecule has 1 N–H and O–H groups in total. The minimum Gasteiger partial charge on any atom is -0.497 e. The number of carbonyl (C=O) groups excluding carboxylic acids is 1. The van der Waals surface area contributed by atoms with Crippen LogP contribution in [0.15, 0.2) is 76.8 Å². The smallest absolute Gasteiger partial charge is 0.266 e. The highest BCUT2D eigenvalue weighted by atomic mass is 79.9. The van der Waals surface area contributed by atoms with Gasteiger partial charge in [0.2, 0.25) is 0 Å². The van der Waals surface area contributed by atoms with Crippen molar-refractivity contribution in [1.29, 1.82) is 5.26 Å². The van der Waals surface area contributed by atoms with Crippen molar-refractivity contribution in [2.24, 2.45) is 0 Å². The van der Waals surface area contributed by atoms with Crippen molar-refractivity contribution in [2.45, 2.75) is 6.92 Å². The van der Waals surface area contributed by atoms with Crippen LogP contribution < -0.4 is 24.3 Å². The van der Waals surface area contributed by atoms with Crippen LogP contribution in [0, 0.1) is 11.3 Å². The highest BCUT2D eigenvalue weighted by Crippen LogP contribution is 2.37. The van der Waals surface area contributed by atoms with E-state index < -0.39 is 5.91 Å². The lowest BCUT2D eigenvalue weighted by atomic mass is 10.1. The molecule has 7 nitrogen and oxygen atoms in total. The number of hydrogen-bond donors (Lipinski definition) is 1. The molecule has 0 spiro atoms. The second kappa shape index (κ2) is 13.1. The number of anilines is 1. The first kappa shape index (κ1) is 25.7. The van der Waals surface area contributed by atoms with E-state index in [9.17, 15) is 10.1 Å². The van der Waals surface area contributed by atoms with E-state index in [1.807, 2.05) is 37.3 Å². The molecular weight excluding hydrogens is 512 g/mol. The monoisotopic (exact) mass is 536 g/mol. The Bertz CT molecular complexity index is 1220. The minimum absolute atomic E-state index is 0.0384. The van der Waals surface area contributed by atoms with E-state index in [2.05, 4.69) is 21.2 Å². The van der Waals surface area contributed by atoms with Crippen molar-refractivity contribution in [3.8, 4) is 29.1 Å². The van der Waals surface area contributed by atoms with Gasteiger partial charge in [-0.2, -0.15) is 5.26 Å². The van der Waals surface area contributed by atoms with Crippen molar-refractivity contribution in [2.75, 3.05) is 32.2 Å². The summed E-state index contributed by atoms with van der Waals surface area (Å²) in [4.78, 5) is 12.6. The molecule has 0 aromatic heterocycles. The first-order valence-electron chi connectivity index (χ1n) is 10.9. The van der Waals surface area contributed by atoms with Crippen LogP contribution in [0.2, 0.25) is 0 Å². The van der Waals surface area contributed by atoms with Crippen molar-refractivity contribution in [1.82, 2.24) is 0 Å². The SMILES string of the molecule is CCOc1cc(/C=C(\C#N)C(=O)Nc2ccccc2)cc(Br)c1OCCOc1cccc(OC)c1. The van der Waals surface area contributed by atoms with Gasteiger partial charge in [-0.25, -0.2) is 0 Å². The third-order valence-corrected chi connectivity index (χ3v) is 5.27. The molecule has 3 aromatic carbocycles. The predicted octanol–water partition coefficient (Wildman–Crippen LogP) is 5.86. The Kier molecular flexibility index (Phi) is 9.58. The summed E-state index contributed by atoms with van der Waals surface area (Å²) in [5, 5.41) is 12.2. The molecule has 0 saturated carbocycles. The highest BCUT2D eigenvalue weighted by Gasteiger charge is 2.15. The van der Waals surface area contributed by atoms with Crippen LogP contribution in [0.1, 0.15) is 12.5 Å². The first-order chi connectivity index (χ1) is 17.0. The van der Waals surface area contributed by atoms with Gasteiger partial charge in [0.05, 0.1) is 18.2 Å². The van der Waals surface area contributed by atoms with E-state index >= 15 is 0 Å². The Hall–Kier alpha value is -3.96. The van der Waals surface area contributed by atoms with Gasteiger partial charge in [0.15, 0.2) is 11.5 Å². The zero-order valence-electron chi connectivity index (χ0n) is 19.4. The third-order valence-electron chi connectivity index (χ3n) is 4.68. The first-order valence-corrected chi connectivity index (χ1v) is 11.7. The molecule has 0 saturated heterocycles. The summed E-state index contributed by atoms with van der Waals surface area (Å²) >= 11 is 3.51. The number of ether oxygens (including phenoxy) is 4. The van der Waals surface area contributed by atoms with Gasteiger partial charge in [-0.3, -0.25) is 4.79 Å². The van der Waals surface area contributed by atoms with Gasteiger partial charge >= 0.3 is 0 Å². The van der Waals surface area contributed by atoms with Crippen molar-refractivity contribution in [3.63, 3.8) is 0 Å². The maximum Gasteiger partial charge on any atom is 0.266 e. The molecule has 35 heavy (non-hydrogen) atoms. The van der Waals surface area contributed by atoms with Gasteiger partial charge in [-0.15, -0.1) is 0 Å². The fourth-order valence-electron chi connectivity index (χ4n) is 3.10. The van der Waals surface area contributed by atoms with Crippen molar-refractivity contribution in [3.05, 3.63) is 82.3 Å².